The monoisotopic (exact) mass is 257 g/mol. The second-order valence-electron chi connectivity index (χ2n) is 4.27. The van der Waals surface area contributed by atoms with Gasteiger partial charge < -0.3 is 14.8 Å². The van der Waals surface area contributed by atoms with Crippen LogP contribution in [0.25, 0.3) is 0 Å². The van der Waals surface area contributed by atoms with Gasteiger partial charge in [-0.2, -0.15) is 8.78 Å². The highest BCUT2D eigenvalue weighted by Crippen LogP contribution is 2.26. The van der Waals surface area contributed by atoms with Gasteiger partial charge >= 0.3 is 0 Å². The van der Waals surface area contributed by atoms with Gasteiger partial charge in [0, 0.05) is 12.1 Å². The molecular weight excluding hydrogens is 240 g/mol. The molecule has 18 heavy (non-hydrogen) atoms. The lowest BCUT2D eigenvalue weighted by atomic mass is 10.1. The summed E-state index contributed by atoms with van der Waals surface area (Å²) in [7, 11) is 0. The third-order valence-corrected chi connectivity index (χ3v) is 2.80. The average molecular weight is 257 g/mol. The summed E-state index contributed by atoms with van der Waals surface area (Å²) in [5.74, 6) is -2.86. The molecule has 0 aliphatic carbocycles. The highest BCUT2D eigenvalue weighted by molar-refractivity contribution is 5.20. The van der Waals surface area contributed by atoms with Gasteiger partial charge in [-0.05, 0) is 0 Å². The highest BCUT2D eigenvalue weighted by atomic mass is 19.3. The van der Waals surface area contributed by atoms with Crippen LogP contribution in [0.1, 0.15) is 5.56 Å². The van der Waals surface area contributed by atoms with Crippen molar-refractivity contribution in [1.82, 2.24) is 5.32 Å². The smallest absolute Gasteiger partial charge is 0.285 e. The van der Waals surface area contributed by atoms with Crippen LogP contribution in [-0.4, -0.2) is 39.0 Å². The molecule has 0 bridgehead atoms. The Morgan fingerprint density at radius 1 is 1.22 bits per heavy atom. The minimum absolute atomic E-state index is 0.0262. The molecule has 1 fully saturated rings. The Kier molecular flexibility index (Phi) is 4.63. The average Bonchev–Trinajstić information content (AvgIpc) is 2.41. The molecule has 0 saturated carbocycles. The predicted octanol–water partition coefficient (Wildman–Crippen LogP) is 1.78. The summed E-state index contributed by atoms with van der Waals surface area (Å²) in [6, 6.07) is 7.81. The fourth-order valence-corrected chi connectivity index (χ4v) is 1.83. The Morgan fingerprint density at radius 2 is 2.00 bits per heavy atom. The van der Waals surface area contributed by atoms with Gasteiger partial charge in [0.2, 0.25) is 0 Å². The molecule has 1 aliphatic heterocycles. The van der Waals surface area contributed by atoms with Crippen LogP contribution < -0.4 is 5.32 Å². The topological polar surface area (TPSA) is 30.5 Å². The van der Waals surface area contributed by atoms with Gasteiger partial charge in [0.25, 0.3) is 5.92 Å². The van der Waals surface area contributed by atoms with Gasteiger partial charge in [-0.15, -0.1) is 0 Å². The number of halogens is 2. The summed E-state index contributed by atoms with van der Waals surface area (Å²) in [5.41, 5.74) is 0.0262. The molecule has 1 aromatic carbocycles. The van der Waals surface area contributed by atoms with Crippen LogP contribution in [0.15, 0.2) is 30.3 Å². The van der Waals surface area contributed by atoms with E-state index in [-0.39, 0.29) is 11.7 Å². The van der Waals surface area contributed by atoms with E-state index in [1.165, 1.54) is 12.1 Å². The number of benzene rings is 1. The third kappa shape index (κ3) is 3.73. The second kappa shape index (κ2) is 6.22. The summed E-state index contributed by atoms with van der Waals surface area (Å²) >= 11 is 0. The lowest BCUT2D eigenvalue weighted by Gasteiger charge is -2.24. The van der Waals surface area contributed by atoms with Crippen molar-refractivity contribution in [2.24, 2.45) is 0 Å². The van der Waals surface area contributed by atoms with E-state index in [0.29, 0.717) is 26.4 Å². The Hall–Kier alpha value is -1.04. The van der Waals surface area contributed by atoms with Gasteiger partial charge in [-0.3, -0.25) is 0 Å². The summed E-state index contributed by atoms with van der Waals surface area (Å²) in [6.45, 7) is 1.56. The van der Waals surface area contributed by atoms with E-state index in [1.54, 1.807) is 18.2 Å². The zero-order chi connectivity index (χ0) is 12.8. The van der Waals surface area contributed by atoms with Crippen molar-refractivity contribution in [3.63, 3.8) is 0 Å². The van der Waals surface area contributed by atoms with Crippen LogP contribution >= 0.6 is 0 Å². The van der Waals surface area contributed by atoms with E-state index >= 15 is 0 Å². The molecule has 0 aromatic heterocycles. The molecule has 2 rings (SSSR count). The molecule has 1 N–H and O–H groups in total. The van der Waals surface area contributed by atoms with Gasteiger partial charge in [0.1, 0.15) is 0 Å². The molecule has 100 valence electrons. The first kappa shape index (κ1) is 13.4. The quantitative estimate of drug-likeness (QED) is 0.872. The van der Waals surface area contributed by atoms with Crippen molar-refractivity contribution >= 4 is 0 Å². The summed E-state index contributed by atoms with van der Waals surface area (Å²) in [4.78, 5) is 0. The fourth-order valence-electron chi connectivity index (χ4n) is 1.83. The van der Waals surface area contributed by atoms with Crippen LogP contribution in [0.3, 0.4) is 0 Å². The van der Waals surface area contributed by atoms with Crippen molar-refractivity contribution in [2.45, 2.75) is 12.0 Å². The van der Waals surface area contributed by atoms with E-state index < -0.39 is 12.5 Å². The summed E-state index contributed by atoms with van der Waals surface area (Å²) < 4.78 is 38.1. The minimum atomic E-state index is -2.86. The number of rotatable bonds is 5. The highest BCUT2D eigenvalue weighted by Gasteiger charge is 2.31. The lowest BCUT2D eigenvalue weighted by molar-refractivity contribution is -0.0891. The molecule has 1 atom stereocenters. The van der Waals surface area contributed by atoms with E-state index in [0.717, 1.165) is 0 Å². The zero-order valence-corrected chi connectivity index (χ0v) is 10.1. The molecule has 5 heteroatoms. The van der Waals surface area contributed by atoms with Crippen LogP contribution in [0.2, 0.25) is 0 Å². The molecule has 1 aromatic rings. The molecule has 1 unspecified atom stereocenters. The Bertz CT molecular complexity index is 353. The van der Waals surface area contributed by atoms with Crippen molar-refractivity contribution in [1.29, 1.82) is 0 Å². The first-order valence-electron chi connectivity index (χ1n) is 6.02. The van der Waals surface area contributed by atoms with E-state index in [2.05, 4.69) is 5.32 Å². The van der Waals surface area contributed by atoms with E-state index in [4.69, 9.17) is 9.47 Å². The molecule has 0 radical (unpaired) electrons. The van der Waals surface area contributed by atoms with Gasteiger partial charge in [0.05, 0.1) is 32.5 Å². The molecule has 1 aliphatic rings. The fraction of sp³-hybridized carbons (Fsp3) is 0.538. The number of alkyl halides is 2. The molecule has 1 saturated heterocycles. The Balaban J connectivity index is 1.78. The number of hydrogen-bond donors (Lipinski definition) is 1. The van der Waals surface area contributed by atoms with Crippen molar-refractivity contribution in [3.8, 4) is 0 Å². The maximum Gasteiger partial charge on any atom is 0.285 e. The van der Waals surface area contributed by atoms with Gasteiger partial charge in [-0.1, -0.05) is 30.3 Å². The normalized spacial score (nSPS) is 20.9. The van der Waals surface area contributed by atoms with Gasteiger partial charge in [0.15, 0.2) is 0 Å². The minimum Gasteiger partial charge on any atom is -0.376 e. The number of ether oxygens (including phenoxy) is 2. The first-order chi connectivity index (χ1) is 8.68. The van der Waals surface area contributed by atoms with Crippen LogP contribution in [0, 0.1) is 0 Å². The van der Waals surface area contributed by atoms with E-state index in [9.17, 15) is 8.78 Å². The maximum absolute atomic E-state index is 13.8. The van der Waals surface area contributed by atoms with Crippen molar-refractivity contribution in [3.05, 3.63) is 35.9 Å². The summed E-state index contributed by atoms with van der Waals surface area (Å²) in [5, 5.41) is 2.74. The standard InChI is InChI=1S/C13H17F2NO2/c14-13(15,11-4-2-1-3-5-11)10-16-8-12-9-17-6-7-18-12/h1-5,12,16H,6-10H2. The zero-order valence-electron chi connectivity index (χ0n) is 10.1. The van der Waals surface area contributed by atoms with Crippen molar-refractivity contribution < 1.29 is 18.3 Å². The second-order valence-corrected chi connectivity index (χ2v) is 4.27. The van der Waals surface area contributed by atoms with Crippen molar-refractivity contribution in [2.75, 3.05) is 32.9 Å². The largest absolute Gasteiger partial charge is 0.376 e. The number of hydrogen-bond acceptors (Lipinski definition) is 3. The summed E-state index contributed by atoms with van der Waals surface area (Å²) in [6.07, 6.45) is -0.134. The van der Waals surface area contributed by atoms with Gasteiger partial charge in [-0.25, -0.2) is 0 Å². The Morgan fingerprint density at radius 3 is 2.67 bits per heavy atom. The SMILES string of the molecule is FC(F)(CNCC1COCCO1)c1ccccc1. The van der Waals surface area contributed by atoms with E-state index in [1.807, 2.05) is 0 Å². The molecule has 0 amide bonds. The molecule has 3 nitrogen and oxygen atoms in total. The molecule has 0 spiro atoms. The van der Waals surface area contributed by atoms with Crippen LogP contribution in [0.5, 0.6) is 0 Å². The molecule has 1 heterocycles. The Labute approximate surface area is 105 Å². The van der Waals surface area contributed by atoms with Crippen LogP contribution in [0.4, 0.5) is 8.78 Å². The maximum atomic E-state index is 13.8. The predicted molar refractivity (Wildman–Crippen MR) is 63.8 cm³/mol. The molecular formula is C13H17F2NO2. The lowest BCUT2D eigenvalue weighted by Crippen LogP contribution is -2.41. The van der Waals surface area contributed by atoms with Crippen LogP contribution in [-0.2, 0) is 15.4 Å². The third-order valence-electron chi connectivity index (χ3n) is 2.80. The number of nitrogens with one attached hydrogen (secondary N) is 1. The first-order valence-corrected chi connectivity index (χ1v) is 6.02.